The summed E-state index contributed by atoms with van der Waals surface area (Å²) in [5.41, 5.74) is 5.75. The summed E-state index contributed by atoms with van der Waals surface area (Å²) < 4.78 is 1.79. The zero-order valence-electron chi connectivity index (χ0n) is 15.8. The molecule has 0 radical (unpaired) electrons. The molecule has 2 heterocycles. The van der Waals surface area contributed by atoms with Crippen LogP contribution in [0, 0.1) is 20.8 Å². The minimum absolute atomic E-state index is 0.0439. The van der Waals surface area contributed by atoms with Gasteiger partial charge in [-0.2, -0.15) is 4.98 Å². The highest BCUT2D eigenvalue weighted by molar-refractivity contribution is 7.99. The molecule has 1 aliphatic carbocycles. The van der Waals surface area contributed by atoms with Crippen molar-refractivity contribution in [2.24, 2.45) is 0 Å². The fraction of sp³-hybridized carbons (Fsp3) is 0.400. The van der Waals surface area contributed by atoms with Crippen LogP contribution in [0.25, 0.3) is 5.78 Å². The molecule has 140 valence electrons. The van der Waals surface area contributed by atoms with Crippen LogP contribution in [0.15, 0.2) is 29.4 Å². The van der Waals surface area contributed by atoms with Crippen LogP contribution in [0.1, 0.15) is 40.9 Å². The van der Waals surface area contributed by atoms with E-state index in [1.807, 2.05) is 6.92 Å². The van der Waals surface area contributed by atoms with E-state index in [9.17, 15) is 4.79 Å². The van der Waals surface area contributed by atoms with E-state index in [-0.39, 0.29) is 5.91 Å². The number of amides is 1. The first kappa shape index (κ1) is 18.0. The van der Waals surface area contributed by atoms with Gasteiger partial charge in [0.15, 0.2) is 0 Å². The third-order valence-corrected chi connectivity index (χ3v) is 5.77. The molecule has 1 aromatic carbocycles. The smallest absolute Gasteiger partial charge is 0.253 e. The SMILES string of the molecule is Cc1ccccc1Cc1c(C)nc2nc(SCC(=O)NC3CC3)nn2c1C. The van der Waals surface area contributed by atoms with Crippen molar-refractivity contribution >= 4 is 23.4 Å². The van der Waals surface area contributed by atoms with Crippen molar-refractivity contribution in [3.8, 4) is 0 Å². The van der Waals surface area contributed by atoms with Crippen LogP contribution in [0.2, 0.25) is 0 Å². The first-order chi connectivity index (χ1) is 13.0. The Morgan fingerprint density at radius 3 is 2.74 bits per heavy atom. The largest absolute Gasteiger partial charge is 0.353 e. The average Bonchev–Trinajstić information content (AvgIpc) is 3.35. The van der Waals surface area contributed by atoms with Crippen molar-refractivity contribution in [2.45, 2.75) is 51.2 Å². The number of carbonyl (C=O) groups excluding carboxylic acids is 1. The molecule has 0 saturated heterocycles. The number of aryl methyl sites for hydroxylation is 3. The Bertz CT molecular complexity index is 1010. The minimum atomic E-state index is 0.0439. The summed E-state index contributed by atoms with van der Waals surface area (Å²) in [5, 5.41) is 8.14. The second-order valence-corrected chi connectivity index (χ2v) is 8.04. The number of aromatic nitrogens is 4. The lowest BCUT2D eigenvalue weighted by Crippen LogP contribution is -2.27. The quantitative estimate of drug-likeness (QED) is 0.665. The number of nitrogens with zero attached hydrogens (tertiary/aromatic N) is 4. The molecule has 27 heavy (non-hydrogen) atoms. The number of nitrogens with one attached hydrogen (secondary N) is 1. The average molecular weight is 382 g/mol. The number of fused-ring (bicyclic) bond motifs is 1. The van der Waals surface area contributed by atoms with Gasteiger partial charge in [-0.05, 0) is 50.3 Å². The van der Waals surface area contributed by atoms with E-state index in [4.69, 9.17) is 0 Å². The Morgan fingerprint density at radius 1 is 1.22 bits per heavy atom. The van der Waals surface area contributed by atoms with Crippen LogP contribution < -0.4 is 5.32 Å². The molecule has 0 atom stereocenters. The van der Waals surface area contributed by atoms with Crippen molar-refractivity contribution in [1.29, 1.82) is 0 Å². The van der Waals surface area contributed by atoms with Crippen molar-refractivity contribution < 1.29 is 4.79 Å². The second-order valence-electron chi connectivity index (χ2n) is 7.10. The highest BCUT2D eigenvalue weighted by atomic mass is 32.2. The van der Waals surface area contributed by atoms with E-state index in [1.54, 1.807) is 4.52 Å². The van der Waals surface area contributed by atoms with Gasteiger partial charge in [-0.1, -0.05) is 36.0 Å². The maximum absolute atomic E-state index is 11.9. The highest BCUT2D eigenvalue weighted by Gasteiger charge is 2.23. The fourth-order valence-corrected chi connectivity index (χ4v) is 3.76. The highest BCUT2D eigenvalue weighted by Crippen LogP contribution is 2.22. The lowest BCUT2D eigenvalue weighted by Gasteiger charge is -2.11. The summed E-state index contributed by atoms with van der Waals surface area (Å²) in [4.78, 5) is 21.0. The maximum Gasteiger partial charge on any atom is 0.253 e. The van der Waals surface area contributed by atoms with Gasteiger partial charge >= 0.3 is 0 Å². The molecule has 6 nitrogen and oxygen atoms in total. The van der Waals surface area contributed by atoms with Crippen LogP contribution in [0.3, 0.4) is 0 Å². The molecule has 0 aliphatic heterocycles. The first-order valence-electron chi connectivity index (χ1n) is 9.21. The molecular weight excluding hydrogens is 358 g/mol. The van der Waals surface area contributed by atoms with Crippen LogP contribution in [-0.4, -0.2) is 37.3 Å². The summed E-state index contributed by atoms with van der Waals surface area (Å²) in [6, 6.07) is 8.78. The van der Waals surface area contributed by atoms with Crippen molar-refractivity contribution in [3.05, 3.63) is 52.3 Å². The van der Waals surface area contributed by atoms with Crippen LogP contribution >= 0.6 is 11.8 Å². The number of carbonyl (C=O) groups is 1. The molecule has 0 spiro atoms. The number of thioether (sulfide) groups is 1. The Kier molecular flexibility index (Phi) is 4.86. The van der Waals surface area contributed by atoms with Gasteiger partial charge in [0.25, 0.3) is 5.78 Å². The van der Waals surface area contributed by atoms with E-state index in [0.717, 1.165) is 30.7 Å². The lowest BCUT2D eigenvalue weighted by molar-refractivity contribution is -0.118. The molecule has 1 fully saturated rings. The van der Waals surface area contributed by atoms with E-state index in [1.165, 1.54) is 28.5 Å². The summed E-state index contributed by atoms with van der Waals surface area (Å²) in [6.07, 6.45) is 3.00. The molecule has 1 aliphatic rings. The molecule has 4 rings (SSSR count). The van der Waals surface area contributed by atoms with Crippen molar-refractivity contribution in [1.82, 2.24) is 24.9 Å². The van der Waals surface area contributed by atoms with Crippen molar-refractivity contribution in [2.75, 3.05) is 5.75 Å². The van der Waals surface area contributed by atoms with Gasteiger partial charge in [-0.15, -0.1) is 5.10 Å². The van der Waals surface area contributed by atoms with Gasteiger partial charge in [0.05, 0.1) is 5.75 Å². The van der Waals surface area contributed by atoms with Crippen LogP contribution in [-0.2, 0) is 11.2 Å². The predicted octanol–water partition coefficient (Wildman–Crippen LogP) is 3.01. The van der Waals surface area contributed by atoms with E-state index in [0.29, 0.717) is 22.7 Å². The van der Waals surface area contributed by atoms with Gasteiger partial charge in [0.1, 0.15) is 0 Å². The van der Waals surface area contributed by atoms with E-state index < -0.39 is 0 Å². The van der Waals surface area contributed by atoms with Crippen molar-refractivity contribution in [3.63, 3.8) is 0 Å². The molecule has 2 aromatic heterocycles. The first-order valence-corrected chi connectivity index (χ1v) is 10.2. The molecule has 0 unspecified atom stereocenters. The number of rotatable bonds is 6. The number of hydrogen-bond acceptors (Lipinski definition) is 5. The summed E-state index contributed by atoms with van der Waals surface area (Å²) in [6.45, 7) is 6.20. The molecule has 1 saturated carbocycles. The Hall–Kier alpha value is -2.41. The molecule has 3 aromatic rings. The molecule has 1 amide bonds. The van der Waals surface area contributed by atoms with Gasteiger partial charge in [-0.3, -0.25) is 4.79 Å². The number of benzene rings is 1. The van der Waals surface area contributed by atoms with Gasteiger partial charge in [-0.25, -0.2) is 9.50 Å². The standard InChI is InChI=1S/C20H23N5OS/c1-12-6-4-5-7-15(12)10-17-13(2)21-19-23-20(24-25(19)14(17)3)27-11-18(26)22-16-8-9-16/h4-7,16H,8-11H2,1-3H3,(H,22,26). The molecular formula is C20H23N5OS. The summed E-state index contributed by atoms with van der Waals surface area (Å²) in [7, 11) is 0. The Labute approximate surface area is 162 Å². The minimum Gasteiger partial charge on any atom is -0.353 e. The van der Waals surface area contributed by atoms with Gasteiger partial charge in [0, 0.05) is 23.9 Å². The summed E-state index contributed by atoms with van der Waals surface area (Å²) in [5.74, 6) is 0.965. The van der Waals surface area contributed by atoms with Crippen LogP contribution in [0.5, 0.6) is 0 Å². The van der Waals surface area contributed by atoms with E-state index in [2.05, 4.69) is 58.5 Å². The molecule has 0 bridgehead atoms. The monoisotopic (exact) mass is 381 g/mol. The third-order valence-electron chi connectivity index (χ3n) is 4.93. The van der Waals surface area contributed by atoms with Gasteiger partial charge in [0.2, 0.25) is 11.1 Å². The Morgan fingerprint density at radius 2 is 2.00 bits per heavy atom. The van der Waals surface area contributed by atoms with E-state index >= 15 is 0 Å². The number of hydrogen-bond donors (Lipinski definition) is 1. The second kappa shape index (κ2) is 7.31. The zero-order chi connectivity index (χ0) is 19.0. The Balaban J connectivity index is 1.57. The third kappa shape index (κ3) is 3.98. The van der Waals surface area contributed by atoms with Crippen LogP contribution in [0.4, 0.5) is 0 Å². The predicted molar refractivity (Wildman–Crippen MR) is 106 cm³/mol. The topological polar surface area (TPSA) is 72.2 Å². The fourth-order valence-electron chi connectivity index (χ4n) is 3.13. The van der Waals surface area contributed by atoms with Gasteiger partial charge < -0.3 is 5.32 Å². The normalized spacial score (nSPS) is 13.9. The lowest BCUT2D eigenvalue weighted by atomic mass is 9.99. The molecule has 7 heteroatoms. The zero-order valence-corrected chi connectivity index (χ0v) is 16.6. The summed E-state index contributed by atoms with van der Waals surface area (Å²) >= 11 is 1.36. The molecule has 1 N–H and O–H groups in total. The maximum atomic E-state index is 11.9.